The van der Waals surface area contributed by atoms with E-state index in [9.17, 15) is 13.2 Å². The number of ether oxygens (including phenoxy) is 4. The molecule has 0 unspecified atom stereocenters. The van der Waals surface area contributed by atoms with Gasteiger partial charge in [-0.05, 0) is 37.3 Å². The number of benzene rings is 2. The molecule has 0 aromatic heterocycles. The minimum Gasteiger partial charge on any atom is -0.493 e. The fourth-order valence-corrected chi connectivity index (χ4v) is 3.72. The molecule has 164 valence electrons. The fraction of sp³-hybridized carbons (Fsp3) is 0.350. The minimum atomic E-state index is -3.78. The van der Waals surface area contributed by atoms with Crippen LogP contribution >= 0.6 is 0 Å². The second-order valence-corrected chi connectivity index (χ2v) is 8.37. The summed E-state index contributed by atoms with van der Waals surface area (Å²) in [5.41, 5.74) is 0.535. The van der Waals surface area contributed by atoms with Crippen molar-refractivity contribution >= 4 is 21.6 Å². The van der Waals surface area contributed by atoms with Crippen molar-refractivity contribution in [3.63, 3.8) is 0 Å². The summed E-state index contributed by atoms with van der Waals surface area (Å²) in [7, 11) is 3.42. The molecule has 2 rings (SSSR count). The molecule has 9 nitrogen and oxygen atoms in total. The number of hydrogen-bond donors (Lipinski definition) is 1. The smallest absolute Gasteiger partial charge is 0.255 e. The number of rotatable bonds is 9. The van der Waals surface area contributed by atoms with Gasteiger partial charge >= 0.3 is 0 Å². The lowest BCUT2D eigenvalue weighted by Gasteiger charge is -2.17. The van der Waals surface area contributed by atoms with Crippen LogP contribution < -0.4 is 24.3 Å². The first-order chi connectivity index (χ1) is 14.2. The van der Waals surface area contributed by atoms with Gasteiger partial charge in [-0.2, -0.15) is 0 Å². The largest absolute Gasteiger partial charge is 0.493 e. The highest BCUT2D eigenvalue weighted by Crippen LogP contribution is 2.38. The third kappa shape index (κ3) is 4.77. The van der Waals surface area contributed by atoms with Gasteiger partial charge < -0.3 is 24.3 Å². The van der Waals surface area contributed by atoms with E-state index in [1.54, 1.807) is 13.0 Å². The number of hydrogen-bond acceptors (Lipinski definition) is 7. The van der Waals surface area contributed by atoms with E-state index in [0.29, 0.717) is 23.9 Å². The van der Waals surface area contributed by atoms with Gasteiger partial charge in [0.1, 0.15) is 10.6 Å². The van der Waals surface area contributed by atoms with Crippen molar-refractivity contribution in [3.05, 3.63) is 35.9 Å². The summed E-state index contributed by atoms with van der Waals surface area (Å²) in [6, 6.07) is 7.43. The highest BCUT2D eigenvalue weighted by molar-refractivity contribution is 7.89. The van der Waals surface area contributed by atoms with Gasteiger partial charge in [-0.25, -0.2) is 12.7 Å². The summed E-state index contributed by atoms with van der Waals surface area (Å²) in [5.74, 6) is 0.731. The van der Waals surface area contributed by atoms with Gasteiger partial charge in [0.2, 0.25) is 15.8 Å². The third-order valence-corrected chi connectivity index (χ3v) is 6.02. The lowest BCUT2D eigenvalue weighted by molar-refractivity contribution is 0.102. The third-order valence-electron chi connectivity index (χ3n) is 4.19. The molecule has 1 amide bonds. The Morgan fingerprint density at radius 3 is 2.03 bits per heavy atom. The Labute approximate surface area is 176 Å². The lowest BCUT2D eigenvalue weighted by atomic mass is 10.1. The second kappa shape index (κ2) is 9.68. The molecule has 2 aromatic carbocycles. The summed E-state index contributed by atoms with van der Waals surface area (Å²) in [6.45, 7) is 2.05. The van der Waals surface area contributed by atoms with E-state index in [-0.39, 0.29) is 21.9 Å². The van der Waals surface area contributed by atoms with E-state index in [1.807, 2.05) is 0 Å². The Morgan fingerprint density at radius 1 is 0.967 bits per heavy atom. The first kappa shape index (κ1) is 23.3. The van der Waals surface area contributed by atoms with Crippen molar-refractivity contribution < 1.29 is 32.2 Å². The number of sulfonamides is 1. The van der Waals surface area contributed by atoms with Crippen molar-refractivity contribution in [1.29, 1.82) is 0 Å². The predicted octanol–water partition coefficient (Wildman–Crippen LogP) is 2.61. The van der Waals surface area contributed by atoms with Gasteiger partial charge in [0.05, 0.1) is 27.9 Å². The number of carbonyl (C=O) groups excluding carboxylic acids is 1. The van der Waals surface area contributed by atoms with E-state index < -0.39 is 15.9 Å². The fourth-order valence-electron chi connectivity index (χ4n) is 2.67. The van der Waals surface area contributed by atoms with Crippen LogP contribution in [0, 0.1) is 0 Å². The molecule has 0 atom stereocenters. The maximum absolute atomic E-state index is 12.8. The van der Waals surface area contributed by atoms with Crippen molar-refractivity contribution in [2.45, 2.75) is 11.8 Å². The number of methoxy groups -OCH3 is 3. The zero-order chi connectivity index (χ0) is 22.5. The molecular weight excluding hydrogens is 412 g/mol. The van der Waals surface area contributed by atoms with Crippen LogP contribution in [0.4, 0.5) is 5.69 Å². The van der Waals surface area contributed by atoms with Gasteiger partial charge in [0.15, 0.2) is 11.5 Å². The molecule has 0 heterocycles. The standard InChI is InChI=1S/C20H26N2O7S/c1-7-29-15-9-8-14(12-18(15)30(24,25)22(2)3)21-20(23)13-10-16(26-4)19(28-6)17(11-13)27-5/h8-12H,7H2,1-6H3,(H,21,23). The molecule has 10 heteroatoms. The highest BCUT2D eigenvalue weighted by Gasteiger charge is 2.24. The zero-order valence-corrected chi connectivity index (χ0v) is 18.6. The normalized spacial score (nSPS) is 11.2. The number of anilines is 1. The second-order valence-electron chi connectivity index (χ2n) is 6.25. The van der Waals surface area contributed by atoms with E-state index in [4.69, 9.17) is 18.9 Å². The molecule has 0 aliphatic carbocycles. The first-order valence-electron chi connectivity index (χ1n) is 9.00. The van der Waals surface area contributed by atoms with Crippen molar-refractivity contribution in [3.8, 4) is 23.0 Å². The molecule has 2 aromatic rings. The summed E-state index contributed by atoms with van der Waals surface area (Å²) in [6.07, 6.45) is 0. The maximum Gasteiger partial charge on any atom is 0.255 e. The van der Waals surface area contributed by atoms with E-state index in [1.165, 1.54) is 59.7 Å². The predicted molar refractivity (Wildman–Crippen MR) is 113 cm³/mol. The Kier molecular flexibility index (Phi) is 7.52. The van der Waals surface area contributed by atoms with Crippen LogP contribution in [0.3, 0.4) is 0 Å². The van der Waals surface area contributed by atoms with Crippen molar-refractivity contribution in [1.82, 2.24) is 4.31 Å². The summed E-state index contributed by atoms with van der Waals surface area (Å²) in [5, 5.41) is 2.69. The lowest BCUT2D eigenvalue weighted by Crippen LogP contribution is -2.23. The van der Waals surface area contributed by atoms with E-state index in [0.717, 1.165) is 4.31 Å². The maximum atomic E-state index is 12.8. The molecule has 0 radical (unpaired) electrons. The van der Waals surface area contributed by atoms with Gasteiger partial charge in [-0.15, -0.1) is 0 Å². The number of nitrogens with one attached hydrogen (secondary N) is 1. The van der Waals surface area contributed by atoms with Crippen LogP contribution in [0.25, 0.3) is 0 Å². The average Bonchev–Trinajstić information content (AvgIpc) is 2.73. The topological polar surface area (TPSA) is 103 Å². The van der Waals surface area contributed by atoms with Crippen LogP contribution in [0.1, 0.15) is 17.3 Å². The molecule has 0 saturated heterocycles. The molecule has 0 spiro atoms. The van der Waals surface area contributed by atoms with Gasteiger partial charge in [-0.3, -0.25) is 4.79 Å². The molecule has 0 fully saturated rings. The molecule has 0 saturated carbocycles. The summed E-state index contributed by atoms with van der Waals surface area (Å²) >= 11 is 0. The van der Waals surface area contributed by atoms with Crippen LogP contribution in [0.15, 0.2) is 35.2 Å². The molecule has 30 heavy (non-hydrogen) atoms. The Morgan fingerprint density at radius 2 is 1.57 bits per heavy atom. The average molecular weight is 439 g/mol. The molecule has 1 N–H and O–H groups in total. The van der Waals surface area contributed by atoms with Crippen molar-refractivity contribution in [2.75, 3.05) is 47.3 Å². The van der Waals surface area contributed by atoms with Crippen LogP contribution in [0.5, 0.6) is 23.0 Å². The molecule has 0 aliphatic rings. The van der Waals surface area contributed by atoms with Crippen LogP contribution in [-0.4, -0.2) is 60.7 Å². The van der Waals surface area contributed by atoms with E-state index in [2.05, 4.69) is 5.32 Å². The molecule has 0 bridgehead atoms. The summed E-state index contributed by atoms with van der Waals surface area (Å²) in [4.78, 5) is 12.8. The summed E-state index contributed by atoms with van der Waals surface area (Å²) < 4.78 is 47.6. The van der Waals surface area contributed by atoms with Crippen LogP contribution in [-0.2, 0) is 10.0 Å². The van der Waals surface area contributed by atoms with Gasteiger partial charge in [-0.1, -0.05) is 0 Å². The molecule has 0 aliphatic heterocycles. The Bertz CT molecular complexity index is 995. The highest BCUT2D eigenvalue weighted by atomic mass is 32.2. The number of carbonyl (C=O) groups is 1. The van der Waals surface area contributed by atoms with Crippen LogP contribution in [0.2, 0.25) is 0 Å². The number of amides is 1. The van der Waals surface area contributed by atoms with Gasteiger partial charge in [0, 0.05) is 25.3 Å². The Balaban J connectivity index is 2.44. The Hall–Kier alpha value is -2.98. The van der Waals surface area contributed by atoms with Crippen molar-refractivity contribution in [2.24, 2.45) is 0 Å². The quantitative estimate of drug-likeness (QED) is 0.642. The monoisotopic (exact) mass is 438 g/mol. The molecular formula is C20H26N2O7S. The minimum absolute atomic E-state index is 0.0444. The number of nitrogens with zero attached hydrogens (tertiary/aromatic N) is 1. The zero-order valence-electron chi connectivity index (χ0n) is 17.8. The van der Waals surface area contributed by atoms with Gasteiger partial charge in [0.25, 0.3) is 5.91 Å². The SMILES string of the molecule is CCOc1ccc(NC(=O)c2cc(OC)c(OC)c(OC)c2)cc1S(=O)(=O)N(C)C. The first-order valence-corrected chi connectivity index (χ1v) is 10.4. The van der Waals surface area contributed by atoms with E-state index >= 15 is 0 Å².